The highest BCUT2D eigenvalue weighted by Crippen LogP contribution is 2.27. The van der Waals surface area contributed by atoms with Gasteiger partial charge in [-0.05, 0) is 25.6 Å². The van der Waals surface area contributed by atoms with Crippen LogP contribution in [-0.2, 0) is 4.79 Å². The summed E-state index contributed by atoms with van der Waals surface area (Å²) < 4.78 is 5.04. The summed E-state index contributed by atoms with van der Waals surface area (Å²) in [5.41, 5.74) is 0.364. The second-order valence-corrected chi connectivity index (χ2v) is 4.09. The van der Waals surface area contributed by atoms with Gasteiger partial charge in [-0.2, -0.15) is 0 Å². The first-order valence-electron chi connectivity index (χ1n) is 5.97. The predicted molar refractivity (Wildman–Crippen MR) is 71.0 cm³/mol. The first-order valence-corrected chi connectivity index (χ1v) is 5.97. The van der Waals surface area contributed by atoms with E-state index in [1.165, 1.54) is 13.2 Å². The molecule has 1 aromatic carbocycles. The lowest BCUT2D eigenvalue weighted by Crippen LogP contribution is -2.30. The van der Waals surface area contributed by atoms with Crippen molar-refractivity contribution < 1.29 is 14.6 Å². The molecule has 0 aromatic heterocycles. The van der Waals surface area contributed by atoms with Gasteiger partial charge in [0.2, 0.25) is 5.91 Å². The molecule has 0 aliphatic heterocycles. The van der Waals surface area contributed by atoms with E-state index < -0.39 is 0 Å². The van der Waals surface area contributed by atoms with Crippen LogP contribution in [0.15, 0.2) is 18.2 Å². The number of rotatable bonds is 6. The summed E-state index contributed by atoms with van der Waals surface area (Å²) in [4.78, 5) is 11.7. The van der Waals surface area contributed by atoms with Gasteiger partial charge in [0.15, 0.2) is 0 Å². The Bertz CT molecular complexity index is 407. The number of methoxy groups -OCH3 is 1. The maximum absolute atomic E-state index is 11.7. The first-order chi connectivity index (χ1) is 8.56. The molecule has 0 aliphatic carbocycles. The molecule has 5 heteroatoms. The molecule has 18 heavy (non-hydrogen) atoms. The summed E-state index contributed by atoms with van der Waals surface area (Å²) >= 11 is 0. The second-order valence-electron chi connectivity index (χ2n) is 4.09. The van der Waals surface area contributed by atoms with Crippen molar-refractivity contribution >= 4 is 11.6 Å². The molecule has 0 radical (unpaired) electrons. The molecule has 1 unspecified atom stereocenters. The molecule has 1 atom stereocenters. The Kier molecular flexibility index (Phi) is 5.45. The Morgan fingerprint density at radius 2 is 2.22 bits per heavy atom. The molecule has 0 saturated heterocycles. The molecule has 5 nitrogen and oxygen atoms in total. The van der Waals surface area contributed by atoms with Crippen LogP contribution in [0.4, 0.5) is 5.69 Å². The summed E-state index contributed by atoms with van der Waals surface area (Å²) in [6, 6.07) is 4.81. The molecule has 1 amide bonds. The fourth-order valence-corrected chi connectivity index (χ4v) is 1.64. The van der Waals surface area contributed by atoms with Gasteiger partial charge in [-0.1, -0.05) is 6.92 Å². The van der Waals surface area contributed by atoms with Gasteiger partial charge in [0.05, 0.1) is 12.8 Å². The van der Waals surface area contributed by atoms with Crippen molar-refractivity contribution in [3.05, 3.63) is 18.2 Å². The zero-order chi connectivity index (χ0) is 13.5. The lowest BCUT2D eigenvalue weighted by Gasteiger charge is -2.13. The number of carbonyl (C=O) groups excluding carboxylic acids is 1. The maximum Gasteiger partial charge on any atom is 0.226 e. The number of aromatic hydroxyl groups is 1. The second kappa shape index (κ2) is 6.86. The SMILES string of the molecule is CCNC(C)CC(=O)Nc1cc(OC)ccc1O. The van der Waals surface area contributed by atoms with E-state index in [0.29, 0.717) is 17.9 Å². The molecule has 1 aromatic rings. The van der Waals surface area contributed by atoms with Crippen molar-refractivity contribution in [1.29, 1.82) is 0 Å². The lowest BCUT2D eigenvalue weighted by molar-refractivity contribution is -0.116. The van der Waals surface area contributed by atoms with E-state index in [1.54, 1.807) is 12.1 Å². The normalized spacial score (nSPS) is 11.9. The van der Waals surface area contributed by atoms with Crippen LogP contribution in [0, 0.1) is 0 Å². The zero-order valence-electron chi connectivity index (χ0n) is 11.0. The Balaban J connectivity index is 2.63. The minimum Gasteiger partial charge on any atom is -0.506 e. The van der Waals surface area contributed by atoms with Crippen LogP contribution < -0.4 is 15.4 Å². The molecule has 0 aliphatic rings. The highest BCUT2D eigenvalue weighted by atomic mass is 16.5. The van der Waals surface area contributed by atoms with Crippen molar-refractivity contribution in [2.45, 2.75) is 26.3 Å². The van der Waals surface area contributed by atoms with E-state index >= 15 is 0 Å². The quantitative estimate of drug-likeness (QED) is 0.674. The van der Waals surface area contributed by atoms with Crippen LogP contribution >= 0.6 is 0 Å². The van der Waals surface area contributed by atoms with Crippen LogP contribution in [0.3, 0.4) is 0 Å². The van der Waals surface area contributed by atoms with E-state index in [2.05, 4.69) is 10.6 Å². The van der Waals surface area contributed by atoms with Crippen molar-refractivity contribution in [2.24, 2.45) is 0 Å². The number of phenols is 1. The Morgan fingerprint density at radius 1 is 1.50 bits per heavy atom. The molecule has 0 fully saturated rings. The third kappa shape index (κ3) is 4.25. The van der Waals surface area contributed by atoms with Crippen molar-refractivity contribution in [2.75, 3.05) is 19.0 Å². The average molecular weight is 252 g/mol. The number of hydrogen-bond acceptors (Lipinski definition) is 4. The number of phenolic OH excluding ortho intramolecular Hbond substituents is 1. The van der Waals surface area contributed by atoms with Gasteiger partial charge < -0.3 is 20.5 Å². The van der Waals surface area contributed by atoms with Gasteiger partial charge in [0.1, 0.15) is 11.5 Å². The fourth-order valence-electron chi connectivity index (χ4n) is 1.64. The van der Waals surface area contributed by atoms with Crippen molar-refractivity contribution in [1.82, 2.24) is 5.32 Å². The molecule has 0 heterocycles. The number of benzene rings is 1. The van der Waals surface area contributed by atoms with Gasteiger partial charge in [0, 0.05) is 18.5 Å². The molecule has 100 valence electrons. The van der Waals surface area contributed by atoms with Crippen LogP contribution in [0.1, 0.15) is 20.3 Å². The van der Waals surface area contributed by atoms with Gasteiger partial charge in [-0.25, -0.2) is 0 Å². The smallest absolute Gasteiger partial charge is 0.226 e. The molecule has 3 N–H and O–H groups in total. The van der Waals surface area contributed by atoms with Crippen molar-refractivity contribution in [3.63, 3.8) is 0 Å². The predicted octanol–water partition coefficient (Wildman–Crippen LogP) is 1.73. The molecular weight excluding hydrogens is 232 g/mol. The third-order valence-electron chi connectivity index (χ3n) is 2.52. The minimum absolute atomic E-state index is 0.0280. The number of ether oxygens (including phenoxy) is 1. The van der Waals surface area contributed by atoms with Crippen LogP contribution in [0.5, 0.6) is 11.5 Å². The number of nitrogens with one attached hydrogen (secondary N) is 2. The molecule has 1 rings (SSSR count). The average Bonchev–Trinajstić information content (AvgIpc) is 2.32. The Morgan fingerprint density at radius 3 is 2.83 bits per heavy atom. The highest BCUT2D eigenvalue weighted by Gasteiger charge is 2.11. The van der Waals surface area contributed by atoms with Crippen LogP contribution in [-0.4, -0.2) is 30.7 Å². The van der Waals surface area contributed by atoms with Crippen molar-refractivity contribution in [3.8, 4) is 11.5 Å². The summed E-state index contributed by atoms with van der Waals surface area (Å²) in [5, 5.41) is 15.4. The zero-order valence-corrected chi connectivity index (χ0v) is 11.0. The Hall–Kier alpha value is -1.75. The Labute approximate surface area is 107 Å². The van der Waals surface area contributed by atoms with E-state index in [0.717, 1.165) is 6.54 Å². The number of carbonyl (C=O) groups is 1. The standard InChI is InChI=1S/C13H20N2O3/c1-4-14-9(2)7-13(17)15-11-8-10(18-3)5-6-12(11)16/h5-6,8-9,14,16H,4,7H2,1-3H3,(H,15,17). The summed E-state index contributed by atoms with van der Waals surface area (Å²) in [6.07, 6.45) is 0.352. The third-order valence-corrected chi connectivity index (χ3v) is 2.52. The maximum atomic E-state index is 11.7. The van der Waals surface area contributed by atoms with E-state index in [-0.39, 0.29) is 17.7 Å². The topological polar surface area (TPSA) is 70.6 Å². The van der Waals surface area contributed by atoms with E-state index in [4.69, 9.17) is 4.74 Å². The largest absolute Gasteiger partial charge is 0.506 e. The fraction of sp³-hybridized carbons (Fsp3) is 0.462. The van der Waals surface area contributed by atoms with Gasteiger partial charge >= 0.3 is 0 Å². The lowest BCUT2D eigenvalue weighted by atomic mass is 10.2. The molecule has 0 bridgehead atoms. The molecular formula is C13H20N2O3. The van der Waals surface area contributed by atoms with Crippen LogP contribution in [0.2, 0.25) is 0 Å². The monoisotopic (exact) mass is 252 g/mol. The summed E-state index contributed by atoms with van der Waals surface area (Å²) in [7, 11) is 1.53. The minimum atomic E-state index is -0.146. The number of amides is 1. The number of anilines is 1. The highest BCUT2D eigenvalue weighted by molar-refractivity contribution is 5.92. The van der Waals surface area contributed by atoms with Gasteiger partial charge in [0.25, 0.3) is 0 Å². The van der Waals surface area contributed by atoms with E-state index in [1.807, 2.05) is 13.8 Å². The first kappa shape index (κ1) is 14.3. The summed E-state index contributed by atoms with van der Waals surface area (Å²) in [5.74, 6) is 0.468. The van der Waals surface area contributed by atoms with Crippen LogP contribution in [0.25, 0.3) is 0 Å². The summed E-state index contributed by atoms with van der Waals surface area (Å²) in [6.45, 7) is 4.75. The number of hydrogen-bond donors (Lipinski definition) is 3. The van der Waals surface area contributed by atoms with E-state index in [9.17, 15) is 9.90 Å². The molecule has 0 spiro atoms. The molecule has 0 saturated carbocycles. The van der Waals surface area contributed by atoms with Gasteiger partial charge in [-0.3, -0.25) is 4.79 Å². The van der Waals surface area contributed by atoms with Gasteiger partial charge in [-0.15, -0.1) is 0 Å².